The summed E-state index contributed by atoms with van der Waals surface area (Å²) in [5.41, 5.74) is 0.909. The van der Waals surface area contributed by atoms with Crippen LogP contribution in [0.25, 0.3) is 0 Å². The van der Waals surface area contributed by atoms with E-state index in [1.165, 1.54) is 0 Å². The third-order valence-electron chi connectivity index (χ3n) is 2.37. The Balaban J connectivity index is 2.60. The average molecular weight is 194 g/mol. The Morgan fingerprint density at radius 3 is 2.50 bits per heavy atom. The molecule has 0 saturated heterocycles. The molecule has 1 aromatic rings. The van der Waals surface area contributed by atoms with E-state index in [1.54, 1.807) is 13.8 Å². The van der Waals surface area contributed by atoms with Crippen molar-refractivity contribution in [1.82, 2.24) is 0 Å². The van der Waals surface area contributed by atoms with Crippen LogP contribution in [0.3, 0.4) is 0 Å². The quantitative estimate of drug-likeness (QED) is 0.742. The van der Waals surface area contributed by atoms with Crippen LogP contribution in [0.2, 0.25) is 0 Å². The van der Waals surface area contributed by atoms with Gasteiger partial charge in [0.05, 0.1) is 5.60 Å². The molecule has 0 aliphatic carbocycles. The van der Waals surface area contributed by atoms with Crippen molar-refractivity contribution in [2.24, 2.45) is 0 Å². The van der Waals surface area contributed by atoms with Crippen molar-refractivity contribution in [1.29, 1.82) is 0 Å². The summed E-state index contributed by atoms with van der Waals surface area (Å²) in [5, 5.41) is 9.91. The van der Waals surface area contributed by atoms with E-state index in [4.69, 9.17) is 9.47 Å². The highest BCUT2D eigenvalue weighted by Crippen LogP contribution is 2.42. The smallest absolute Gasteiger partial charge is 0.231 e. The highest BCUT2D eigenvalue weighted by molar-refractivity contribution is 5.54. The van der Waals surface area contributed by atoms with E-state index < -0.39 is 5.60 Å². The van der Waals surface area contributed by atoms with E-state index in [1.807, 2.05) is 19.1 Å². The second-order valence-corrected chi connectivity index (χ2v) is 4.05. The van der Waals surface area contributed by atoms with Crippen molar-refractivity contribution in [3.63, 3.8) is 0 Å². The largest absolute Gasteiger partial charge is 0.453 e. The van der Waals surface area contributed by atoms with Crippen molar-refractivity contribution >= 4 is 0 Å². The third kappa shape index (κ3) is 1.34. The summed E-state index contributed by atoms with van der Waals surface area (Å²) in [4.78, 5) is 0. The minimum atomic E-state index is -0.897. The lowest BCUT2D eigenvalue weighted by molar-refractivity contribution is 0.0744. The van der Waals surface area contributed by atoms with Crippen LogP contribution in [0.1, 0.15) is 25.0 Å². The van der Waals surface area contributed by atoms with Gasteiger partial charge in [-0.1, -0.05) is 12.1 Å². The van der Waals surface area contributed by atoms with E-state index in [9.17, 15) is 5.11 Å². The molecule has 1 aromatic carbocycles. The molecule has 0 fully saturated rings. The molecule has 0 spiro atoms. The Hall–Kier alpha value is -1.22. The maximum atomic E-state index is 9.91. The fraction of sp³-hybridized carbons (Fsp3) is 0.455. The summed E-state index contributed by atoms with van der Waals surface area (Å²) < 4.78 is 10.7. The molecule has 0 atom stereocenters. The van der Waals surface area contributed by atoms with Gasteiger partial charge in [-0.3, -0.25) is 0 Å². The number of hydrogen-bond acceptors (Lipinski definition) is 3. The van der Waals surface area contributed by atoms with Crippen LogP contribution in [0.4, 0.5) is 0 Å². The Labute approximate surface area is 83.3 Å². The monoisotopic (exact) mass is 194 g/mol. The molecule has 0 amide bonds. The molecule has 3 nitrogen and oxygen atoms in total. The molecule has 76 valence electrons. The first-order valence-corrected chi connectivity index (χ1v) is 4.62. The molecule has 0 aromatic heterocycles. The summed E-state index contributed by atoms with van der Waals surface area (Å²) >= 11 is 0. The van der Waals surface area contributed by atoms with E-state index in [0.717, 1.165) is 16.9 Å². The molecule has 0 bridgehead atoms. The predicted molar refractivity (Wildman–Crippen MR) is 52.5 cm³/mol. The summed E-state index contributed by atoms with van der Waals surface area (Å²) in [7, 11) is 0. The van der Waals surface area contributed by atoms with Gasteiger partial charge in [0.1, 0.15) is 0 Å². The Kier molecular flexibility index (Phi) is 1.93. The predicted octanol–water partition coefficient (Wildman–Crippen LogP) is 1.95. The second kappa shape index (κ2) is 2.89. The first-order valence-electron chi connectivity index (χ1n) is 4.62. The van der Waals surface area contributed by atoms with Gasteiger partial charge in [-0.05, 0) is 26.3 Å². The van der Waals surface area contributed by atoms with E-state index in [-0.39, 0.29) is 6.79 Å². The van der Waals surface area contributed by atoms with Crippen LogP contribution >= 0.6 is 0 Å². The SMILES string of the molecule is Cc1ccc(C(C)(C)O)c2c1OCO2. The van der Waals surface area contributed by atoms with Crippen LogP contribution in [-0.4, -0.2) is 11.9 Å². The highest BCUT2D eigenvalue weighted by Gasteiger charge is 2.27. The Morgan fingerprint density at radius 1 is 1.21 bits per heavy atom. The van der Waals surface area contributed by atoms with Gasteiger partial charge in [-0.2, -0.15) is 0 Å². The van der Waals surface area contributed by atoms with Crippen molar-refractivity contribution < 1.29 is 14.6 Å². The zero-order valence-electron chi connectivity index (χ0n) is 8.63. The van der Waals surface area contributed by atoms with Crippen LogP contribution in [-0.2, 0) is 5.60 Å². The van der Waals surface area contributed by atoms with Gasteiger partial charge in [0, 0.05) is 5.56 Å². The molecule has 1 aliphatic heterocycles. The van der Waals surface area contributed by atoms with Crippen LogP contribution in [0.15, 0.2) is 12.1 Å². The first-order chi connectivity index (χ1) is 6.50. The number of ether oxygens (including phenoxy) is 2. The molecule has 3 heteroatoms. The van der Waals surface area contributed by atoms with Gasteiger partial charge in [-0.25, -0.2) is 0 Å². The second-order valence-electron chi connectivity index (χ2n) is 4.05. The topological polar surface area (TPSA) is 38.7 Å². The molecular formula is C11H14O3. The number of aryl methyl sites for hydroxylation is 1. The molecule has 0 radical (unpaired) electrons. The van der Waals surface area contributed by atoms with Crippen molar-refractivity contribution in [2.75, 3.05) is 6.79 Å². The number of fused-ring (bicyclic) bond motifs is 1. The normalized spacial score (nSPS) is 14.6. The molecule has 0 saturated carbocycles. The van der Waals surface area contributed by atoms with Gasteiger partial charge in [-0.15, -0.1) is 0 Å². The van der Waals surface area contributed by atoms with Crippen LogP contribution < -0.4 is 9.47 Å². The summed E-state index contributed by atoms with van der Waals surface area (Å²) in [6.07, 6.45) is 0. The van der Waals surface area contributed by atoms with Gasteiger partial charge < -0.3 is 14.6 Å². The van der Waals surface area contributed by atoms with Crippen molar-refractivity contribution in [3.8, 4) is 11.5 Å². The zero-order valence-corrected chi connectivity index (χ0v) is 8.63. The Morgan fingerprint density at radius 2 is 1.86 bits per heavy atom. The van der Waals surface area contributed by atoms with Gasteiger partial charge in [0.2, 0.25) is 6.79 Å². The molecular weight excluding hydrogens is 180 g/mol. The van der Waals surface area contributed by atoms with E-state index in [0.29, 0.717) is 5.75 Å². The number of rotatable bonds is 1. The van der Waals surface area contributed by atoms with Crippen molar-refractivity contribution in [3.05, 3.63) is 23.3 Å². The molecule has 1 N–H and O–H groups in total. The molecule has 14 heavy (non-hydrogen) atoms. The summed E-state index contributed by atoms with van der Waals surface area (Å²) in [5.74, 6) is 1.43. The van der Waals surface area contributed by atoms with E-state index in [2.05, 4.69) is 0 Å². The zero-order chi connectivity index (χ0) is 10.3. The number of hydrogen-bond donors (Lipinski definition) is 1. The first kappa shape index (κ1) is 9.34. The summed E-state index contributed by atoms with van der Waals surface area (Å²) in [6.45, 7) is 5.67. The van der Waals surface area contributed by atoms with Crippen LogP contribution in [0, 0.1) is 6.92 Å². The average Bonchev–Trinajstić information content (AvgIpc) is 2.50. The van der Waals surface area contributed by atoms with Crippen LogP contribution in [0.5, 0.6) is 11.5 Å². The molecule has 1 aliphatic rings. The number of benzene rings is 1. The van der Waals surface area contributed by atoms with Gasteiger partial charge >= 0.3 is 0 Å². The summed E-state index contributed by atoms with van der Waals surface area (Å²) in [6, 6.07) is 3.81. The lowest BCUT2D eigenvalue weighted by Crippen LogP contribution is -2.16. The maximum Gasteiger partial charge on any atom is 0.231 e. The minimum Gasteiger partial charge on any atom is -0.453 e. The standard InChI is InChI=1S/C11H14O3/c1-7-4-5-8(11(2,3)12)10-9(7)13-6-14-10/h4-5,12H,6H2,1-3H3. The Bertz CT molecular complexity index is 364. The lowest BCUT2D eigenvalue weighted by atomic mass is 9.95. The molecule has 0 unspecified atom stereocenters. The lowest BCUT2D eigenvalue weighted by Gasteiger charge is -2.19. The molecule has 2 rings (SSSR count). The fourth-order valence-electron chi connectivity index (χ4n) is 1.61. The van der Waals surface area contributed by atoms with Crippen molar-refractivity contribution in [2.45, 2.75) is 26.4 Å². The fourth-order valence-corrected chi connectivity index (χ4v) is 1.61. The highest BCUT2D eigenvalue weighted by atomic mass is 16.7. The van der Waals surface area contributed by atoms with E-state index >= 15 is 0 Å². The molecule has 1 heterocycles. The maximum absolute atomic E-state index is 9.91. The third-order valence-corrected chi connectivity index (χ3v) is 2.37. The number of aliphatic hydroxyl groups is 1. The van der Waals surface area contributed by atoms with Gasteiger partial charge in [0.25, 0.3) is 0 Å². The van der Waals surface area contributed by atoms with Gasteiger partial charge in [0.15, 0.2) is 11.5 Å². The minimum absolute atomic E-state index is 0.239.